The molecule has 5 rings (SSSR count). The van der Waals surface area contributed by atoms with Gasteiger partial charge in [-0.05, 0) is 49.7 Å². The maximum Gasteiger partial charge on any atom is 0.271 e. The first kappa shape index (κ1) is 16.6. The first-order valence-corrected chi connectivity index (χ1v) is 9.76. The second-order valence-corrected chi connectivity index (χ2v) is 8.01. The zero-order valence-corrected chi connectivity index (χ0v) is 15.6. The van der Waals surface area contributed by atoms with Gasteiger partial charge in [-0.2, -0.15) is 5.10 Å². The van der Waals surface area contributed by atoms with Crippen molar-refractivity contribution in [2.45, 2.75) is 18.9 Å². The molecule has 1 aromatic carbocycles. The Labute approximate surface area is 158 Å². The van der Waals surface area contributed by atoms with E-state index in [9.17, 15) is 9.18 Å². The quantitative estimate of drug-likeness (QED) is 0.578. The first-order valence-electron chi connectivity index (χ1n) is 8.95. The number of aryl methyl sites for hydroxylation is 1. The first-order chi connectivity index (χ1) is 13.1. The van der Waals surface area contributed by atoms with Crippen LogP contribution in [0.15, 0.2) is 35.5 Å². The van der Waals surface area contributed by atoms with Crippen molar-refractivity contribution in [3.05, 3.63) is 46.9 Å². The van der Waals surface area contributed by atoms with Gasteiger partial charge >= 0.3 is 0 Å². The summed E-state index contributed by atoms with van der Waals surface area (Å²) in [6, 6.07) is 5.43. The van der Waals surface area contributed by atoms with Crippen molar-refractivity contribution in [3.8, 4) is 10.4 Å². The maximum atomic E-state index is 14.4. The van der Waals surface area contributed by atoms with Crippen molar-refractivity contribution in [3.63, 3.8) is 0 Å². The predicted molar refractivity (Wildman–Crippen MR) is 105 cm³/mol. The predicted octanol–water partition coefficient (Wildman–Crippen LogP) is 3.08. The second kappa shape index (κ2) is 6.24. The fourth-order valence-corrected chi connectivity index (χ4v) is 4.80. The number of hydrogen-bond acceptors (Lipinski definition) is 5. The Morgan fingerprint density at radius 2 is 2.07 bits per heavy atom. The molecule has 0 radical (unpaired) electrons. The van der Waals surface area contributed by atoms with Crippen LogP contribution in [0.1, 0.15) is 18.9 Å². The molecule has 0 bridgehead atoms. The van der Waals surface area contributed by atoms with Gasteiger partial charge in [-0.15, -0.1) is 11.3 Å². The largest absolute Gasteiger partial charge is 0.317 e. The molecule has 4 aromatic rings. The summed E-state index contributed by atoms with van der Waals surface area (Å²) in [4.78, 5) is 18.3. The van der Waals surface area contributed by atoms with Gasteiger partial charge in [0.25, 0.3) is 5.56 Å². The molecule has 8 heteroatoms. The van der Waals surface area contributed by atoms with Crippen LogP contribution in [-0.4, -0.2) is 32.4 Å². The summed E-state index contributed by atoms with van der Waals surface area (Å²) in [5.74, 6) is -0.361. The van der Waals surface area contributed by atoms with Crippen molar-refractivity contribution in [1.82, 2.24) is 24.6 Å². The molecule has 27 heavy (non-hydrogen) atoms. The number of rotatable bonds is 2. The van der Waals surface area contributed by atoms with Gasteiger partial charge in [0.2, 0.25) is 0 Å². The Morgan fingerprint density at radius 3 is 2.89 bits per heavy atom. The zero-order chi connectivity index (χ0) is 18.5. The Morgan fingerprint density at radius 1 is 1.26 bits per heavy atom. The molecule has 0 aliphatic carbocycles. The SMILES string of the molecule is Cn1cc2cc(-c3cc4ncn(C5CCNCC5)c(=O)c4s3)cc(F)c2n1. The van der Waals surface area contributed by atoms with Crippen molar-refractivity contribution in [1.29, 1.82) is 0 Å². The van der Waals surface area contributed by atoms with Gasteiger partial charge in [0.1, 0.15) is 10.2 Å². The van der Waals surface area contributed by atoms with Gasteiger partial charge in [0.15, 0.2) is 5.82 Å². The molecule has 138 valence electrons. The number of nitrogens with one attached hydrogen (secondary N) is 1. The van der Waals surface area contributed by atoms with Crippen molar-refractivity contribution in [2.75, 3.05) is 13.1 Å². The van der Waals surface area contributed by atoms with E-state index in [0.29, 0.717) is 15.7 Å². The topological polar surface area (TPSA) is 64.7 Å². The van der Waals surface area contributed by atoms with Crippen LogP contribution in [0.3, 0.4) is 0 Å². The fraction of sp³-hybridized carbons (Fsp3) is 0.316. The molecule has 0 amide bonds. The lowest BCUT2D eigenvalue weighted by molar-refractivity contribution is 0.359. The molecular weight excluding hydrogens is 365 g/mol. The Bertz CT molecular complexity index is 1220. The number of thiophene rings is 1. The van der Waals surface area contributed by atoms with Crippen LogP contribution < -0.4 is 10.9 Å². The monoisotopic (exact) mass is 383 g/mol. The summed E-state index contributed by atoms with van der Waals surface area (Å²) in [5.41, 5.74) is 1.75. The van der Waals surface area contributed by atoms with Crippen LogP contribution in [0, 0.1) is 5.82 Å². The summed E-state index contributed by atoms with van der Waals surface area (Å²) in [5, 5.41) is 8.20. The Balaban J connectivity index is 1.62. The third kappa shape index (κ3) is 2.76. The molecule has 0 atom stereocenters. The molecular formula is C19H18FN5OS. The molecule has 0 spiro atoms. The molecule has 0 saturated carbocycles. The number of piperidine rings is 1. The van der Waals surface area contributed by atoms with Gasteiger partial charge in [0.05, 0.1) is 11.8 Å². The van der Waals surface area contributed by atoms with E-state index in [1.165, 1.54) is 17.4 Å². The van der Waals surface area contributed by atoms with Gasteiger partial charge in [-0.3, -0.25) is 14.0 Å². The fourth-order valence-electron chi connectivity index (χ4n) is 3.77. The summed E-state index contributed by atoms with van der Waals surface area (Å²) < 4.78 is 18.4. The molecule has 1 fully saturated rings. The molecule has 1 aliphatic heterocycles. The highest BCUT2D eigenvalue weighted by molar-refractivity contribution is 7.22. The van der Waals surface area contributed by atoms with Crippen LogP contribution in [0.5, 0.6) is 0 Å². The molecule has 0 unspecified atom stereocenters. The number of fused-ring (bicyclic) bond motifs is 2. The van der Waals surface area contributed by atoms with E-state index in [0.717, 1.165) is 41.8 Å². The van der Waals surface area contributed by atoms with E-state index in [2.05, 4.69) is 15.4 Å². The van der Waals surface area contributed by atoms with E-state index < -0.39 is 0 Å². The summed E-state index contributed by atoms with van der Waals surface area (Å²) in [7, 11) is 1.77. The number of nitrogens with zero attached hydrogens (tertiary/aromatic N) is 4. The Kier molecular flexibility index (Phi) is 3.84. The van der Waals surface area contributed by atoms with Crippen LogP contribution in [0.25, 0.3) is 31.6 Å². The summed E-state index contributed by atoms with van der Waals surface area (Å²) >= 11 is 1.37. The van der Waals surface area contributed by atoms with Gasteiger partial charge in [-0.1, -0.05) is 0 Å². The number of benzene rings is 1. The summed E-state index contributed by atoms with van der Waals surface area (Å²) in [6.45, 7) is 1.82. The minimum absolute atomic E-state index is 0.00826. The summed E-state index contributed by atoms with van der Waals surface area (Å²) in [6.07, 6.45) is 5.29. The molecule has 1 saturated heterocycles. The van der Waals surface area contributed by atoms with Crippen LogP contribution >= 0.6 is 11.3 Å². The smallest absolute Gasteiger partial charge is 0.271 e. The van der Waals surface area contributed by atoms with E-state index in [4.69, 9.17) is 0 Å². The highest BCUT2D eigenvalue weighted by atomic mass is 32.1. The van der Waals surface area contributed by atoms with Crippen LogP contribution in [0.4, 0.5) is 4.39 Å². The van der Waals surface area contributed by atoms with E-state index in [1.54, 1.807) is 28.8 Å². The average molecular weight is 383 g/mol. The van der Waals surface area contributed by atoms with Gasteiger partial charge < -0.3 is 5.32 Å². The lowest BCUT2D eigenvalue weighted by atomic mass is 10.1. The minimum Gasteiger partial charge on any atom is -0.317 e. The van der Waals surface area contributed by atoms with E-state index in [-0.39, 0.29) is 17.4 Å². The lowest BCUT2D eigenvalue weighted by Gasteiger charge is -2.24. The molecule has 3 aromatic heterocycles. The van der Waals surface area contributed by atoms with E-state index in [1.807, 2.05) is 12.1 Å². The molecule has 1 aliphatic rings. The maximum absolute atomic E-state index is 14.4. The van der Waals surface area contributed by atoms with Crippen LogP contribution in [0.2, 0.25) is 0 Å². The normalized spacial score (nSPS) is 15.8. The third-order valence-electron chi connectivity index (χ3n) is 5.13. The number of aromatic nitrogens is 4. The highest BCUT2D eigenvalue weighted by Crippen LogP contribution is 2.33. The molecule has 6 nitrogen and oxygen atoms in total. The van der Waals surface area contributed by atoms with Crippen LogP contribution in [-0.2, 0) is 7.05 Å². The zero-order valence-electron chi connectivity index (χ0n) is 14.8. The van der Waals surface area contributed by atoms with Crippen molar-refractivity contribution in [2.24, 2.45) is 7.05 Å². The molecule has 1 N–H and O–H groups in total. The second-order valence-electron chi connectivity index (χ2n) is 6.96. The molecule has 4 heterocycles. The van der Waals surface area contributed by atoms with Crippen molar-refractivity contribution < 1.29 is 4.39 Å². The standard InChI is InChI=1S/C19H18FN5OS/c1-24-9-12-6-11(7-14(20)17(12)23-24)16-8-15-18(27-16)19(26)25(10-22-15)13-2-4-21-5-3-13/h6-10,13,21H,2-5H2,1H3. The highest BCUT2D eigenvalue weighted by Gasteiger charge is 2.19. The van der Waals surface area contributed by atoms with Gasteiger partial charge in [-0.25, -0.2) is 9.37 Å². The van der Waals surface area contributed by atoms with Gasteiger partial charge in [0, 0.05) is 29.5 Å². The third-order valence-corrected chi connectivity index (χ3v) is 6.29. The number of hydrogen-bond donors (Lipinski definition) is 1. The van der Waals surface area contributed by atoms with Crippen molar-refractivity contribution >= 4 is 32.5 Å². The number of halogens is 1. The minimum atomic E-state index is -0.361. The van der Waals surface area contributed by atoms with E-state index >= 15 is 0 Å². The average Bonchev–Trinajstić information content (AvgIpc) is 3.26. The Hall–Kier alpha value is -2.58. The lowest BCUT2D eigenvalue weighted by Crippen LogP contribution is -2.34.